The maximum atomic E-state index is 5.63. The number of hydrogen-bond donors (Lipinski definition) is 1. The molecule has 5 nitrogen and oxygen atoms in total. The normalized spacial score (nSPS) is 19.9. The van der Waals surface area contributed by atoms with E-state index in [1.807, 2.05) is 6.07 Å². The van der Waals surface area contributed by atoms with Gasteiger partial charge in [0.25, 0.3) is 0 Å². The molecule has 1 aromatic heterocycles. The molecule has 1 aromatic carbocycles. The van der Waals surface area contributed by atoms with Crippen LogP contribution in [-0.2, 0) is 0 Å². The SMILES string of the molecule is CC(C)C(Sc1ccccc1)c1nc(C2CNCCN2C)no1.Cl. The first-order valence-corrected chi connectivity index (χ1v) is 8.99. The number of rotatable bonds is 5. The first kappa shape index (κ1) is 19.2. The summed E-state index contributed by atoms with van der Waals surface area (Å²) in [5.41, 5.74) is 0. The minimum absolute atomic E-state index is 0. The molecule has 1 aliphatic rings. The Morgan fingerprint density at radius 3 is 2.71 bits per heavy atom. The molecule has 2 unspecified atom stereocenters. The Bertz CT molecular complexity index is 622. The van der Waals surface area contributed by atoms with Gasteiger partial charge in [-0.15, -0.1) is 24.2 Å². The van der Waals surface area contributed by atoms with Crippen molar-refractivity contribution in [2.75, 3.05) is 26.7 Å². The van der Waals surface area contributed by atoms with Crippen LogP contribution in [0.25, 0.3) is 0 Å². The molecule has 0 spiro atoms. The second kappa shape index (κ2) is 8.85. The third-order valence-electron chi connectivity index (χ3n) is 4.12. The van der Waals surface area contributed by atoms with Gasteiger partial charge in [0.05, 0.1) is 11.3 Å². The van der Waals surface area contributed by atoms with Crippen molar-refractivity contribution in [3.05, 3.63) is 42.0 Å². The van der Waals surface area contributed by atoms with Gasteiger partial charge >= 0.3 is 0 Å². The number of benzene rings is 1. The van der Waals surface area contributed by atoms with Crippen LogP contribution < -0.4 is 5.32 Å². The minimum Gasteiger partial charge on any atom is -0.338 e. The molecule has 0 amide bonds. The summed E-state index contributed by atoms with van der Waals surface area (Å²) in [6.07, 6.45) is 0. The summed E-state index contributed by atoms with van der Waals surface area (Å²) in [7, 11) is 2.11. The van der Waals surface area contributed by atoms with E-state index in [1.165, 1.54) is 4.90 Å². The maximum Gasteiger partial charge on any atom is 0.240 e. The standard InChI is InChI=1S/C17H24N4OS.ClH/c1-12(2)15(23-13-7-5-4-6-8-13)17-19-16(20-22-17)14-11-18-9-10-21(14)3;/h4-8,12,14-15,18H,9-11H2,1-3H3;1H. The lowest BCUT2D eigenvalue weighted by molar-refractivity contribution is 0.190. The predicted molar refractivity (Wildman–Crippen MR) is 99.7 cm³/mol. The third-order valence-corrected chi connectivity index (χ3v) is 5.67. The molecule has 1 aliphatic heterocycles. The van der Waals surface area contributed by atoms with Crippen LogP contribution in [0.2, 0.25) is 0 Å². The van der Waals surface area contributed by atoms with Crippen molar-refractivity contribution in [3.63, 3.8) is 0 Å². The molecule has 0 bridgehead atoms. The zero-order chi connectivity index (χ0) is 16.2. The van der Waals surface area contributed by atoms with Gasteiger partial charge in [0.2, 0.25) is 5.89 Å². The van der Waals surface area contributed by atoms with Crippen LogP contribution in [0.1, 0.15) is 36.9 Å². The van der Waals surface area contributed by atoms with Crippen LogP contribution in [0, 0.1) is 5.92 Å². The van der Waals surface area contributed by atoms with Crippen molar-refractivity contribution >= 4 is 24.2 Å². The lowest BCUT2D eigenvalue weighted by atomic mass is 10.1. The number of halogens is 1. The van der Waals surface area contributed by atoms with Gasteiger partial charge < -0.3 is 9.84 Å². The average molecular weight is 369 g/mol. The molecule has 1 N–H and O–H groups in total. The van der Waals surface area contributed by atoms with Gasteiger partial charge in [-0.25, -0.2) is 0 Å². The Balaban J connectivity index is 0.00000208. The Morgan fingerprint density at radius 1 is 1.29 bits per heavy atom. The molecule has 2 aromatic rings. The van der Waals surface area contributed by atoms with Crippen molar-refractivity contribution < 1.29 is 4.52 Å². The Kier molecular flexibility index (Phi) is 7.10. The zero-order valence-electron chi connectivity index (χ0n) is 14.3. The topological polar surface area (TPSA) is 54.2 Å². The number of thioether (sulfide) groups is 1. The number of likely N-dealkylation sites (N-methyl/N-ethyl adjacent to an activating group) is 1. The van der Waals surface area contributed by atoms with E-state index in [0.29, 0.717) is 5.92 Å². The summed E-state index contributed by atoms with van der Waals surface area (Å²) >= 11 is 1.79. The highest BCUT2D eigenvalue weighted by Gasteiger charge is 2.29. The minimum atomic E-state index is 0. The highest BCUT2D eigenvalue weighted by atomic mass is 35.5. The summed E-state index contributed by atoms with van der Waals surface area (Å²) in [6.45, 7) is 7.27. The zero-order valence-corrected chi connectivity index (χ0v) is 15.9. The molecular weight excluding hydrogens is 344 g/mol. The molecule has 2 heterocycles. The summed E-state index contributed by atoms with van der Waals surface area (Å²) in [6, 6.07) is 10.6. The number of piperazine rings is 1. The van der Waals surface area contributed by atoms with Crippen molar-refractivity contribution in [3.8, 4) is 0 Å². The molecule has 2 atom stereocenters. The van der Waals surface area contributed by atoms with E-state index in [-0.39, 0.29) is 23.7 Å². The van der Waals surface area contributed by atoms with Crippen LogP contribution in [0.5, 0.6) is 0 Å². The summed E-state index contributed by atoms with van der Waals surface area (Å²) in [4.78, 5) is 8.22. The Morgan fingerprint density at radius 2 is 2.04 bits per heavy atom. The first-order valence-electron chi connectivity index (χ1n) is 8.11. The van der Waals surface area contributed by atoms with Crippen LogP contribution in [0.15, 0.2) is 39.8 Å². The number of hydrogen-bond acceptors (Lipinski definition) is 6. The van der Waals surface area contributed by atoms with Crippen molar-refractivity contribution in [2.24, 2.45) is 5.92 Å². The lowest BCUT2D eigenvalue weighted by Gasteiger charge is -2.30. The molecule has 132 valence electrons. The largest absolute Gasteiger partial charge is 0.338 e. The van der Waals surface area contributed by atoms with Crippen molar-refractivity contribution in [1.82, 2.24) is 20.4 Å². The molecule has 1 saturated heterocycles. The fourth-order valence-electron chi connectivity index (χ4n) is 2.71. The Labute approximate surface area is 154 Å². The van der Waals surface area contributed by atoms with Gasteiger partial charge in [-0.2, -0.15) is 4.98 Å². The molecule has 3 rings (SSSR count). The number of nitrogens with zero attached hydrogens (tertiary/aromatic N) is 3. The van der Waals surface area contributed by atoms with Gasteiger partial charge in [0, 0.05) is 24.5 Å². The van der Waals surface area contributed by atoms with Gasteiger partial charge in [-0.3, -0.25) is 4.90 Å². The fourth-order valence-corrected chi connectivity index (χ4v) is 3.79. The maximum absolute atomic E-state index is 5.63. The molecule has 24 heavy (non-hydrogen) atoms. The van der Waals surface area contributed by atoms with Crippen LogP contribution >= 0.6 is 24.2 Å². The van der Waals surface area contributed by atoms with Crippen LogP contribution in [0.3, 0.4) is 0 Å². The van der Waals surface area contributed by atoms with E-state index in [1.54, 1.807) is 11.8 Å². The molecule has 0 aliphatic carbocycles. The van der Waals surface area contributed by atoms with Crippen LogP contribution in [0.4, 0.5) is 0 Å². The quantitative estimate of drug-likeness (QED) is 0.814. The summed E-state index contributed by atoms with van der Waals surface area (Å²) in [5, 5.41) is 7.82. The molecule has 0 saturated carbocycles. The summed E-state index contributed by atoms with van der Waals surface area (Å²) in [5.74, 6) is 1.92. The smallest absolute Gasteiger partial charge is 0.240 e. The second-order valence-corrected chi connectivity index (χ2v) is 7.50. The average Bonchev–Trinajstić information content (AvgIpc) is 3.03. The van der Waals surface area contributed by atoms with Gasteiger partial charge in [-0.1, -0.05) is 37.2 Å². The molecule has 7 heteroatoms. The highest BCUT2D eigenvalue weighted by molar-refractivity contribution is 7.99. The van der Waals surface area contributed by atoms with Crippen molar-refractivity contribution in [2.45, 2.75) is 30.0 Å². The van der Waals surface area contributed by atoms with Gasteiger partial charge in [0.1, 0.15) is 0 Å². The van der Waals surface area contributed by atoms with E-state index < -0.39 is 0 Å². The monoisotopic (exact) mass is 368 g/mol. The first-order chi connectivity index (χ1) is 11.1. The summed E-state index contributed by atoms with van der Waals surface area (Å²) < 4.78 is 5.63. The highest BCUT2D eigenvalue weighted by Crippen LogP contribution is 2.40. The molecular formula is C17H25ClN4OS. The number of nitrogens with one attached hydrogen (secondary N) is 1. The van der Waals surface area contributed by atoms with E-state index in [0.717, 1.165) is 31.3 Å². The van der Waals surface area contributed by atoms with Crippen molar-refractivity contribution in [1.29, 1.82) is 0 Å². The van der Waals surface area contributed by atoms with Crippen LogP contribution in [-0.4, -0.2) is 41.7 Å². The van der Waals surface area contributed by atoms with E-state index in [2.05, 4.69) is 60.5 Å². The van der Waals surface area contributed by atoms with E-state index in [4.69, 9.17) is 9.51 Å². The predicted octanol–water partition coefficient (Wildman–Crippen LogP) is 3.56. The Hall–Kier alpha value is -1.08. The second-order valence-electron chi connectivity index (χ2n) is 6.29. The number of aromatic nitrogens is 2. The van der Waals surface area contributed by atoms with Gasteiger partial charge in [0.15, 0.2) is 5.82 Å². The third kappa shape index (κ3) is 4.51. The molecule has 1 fully saturated rings. The van der Waals surface area contributed by atoms with Gasteiger partial charge in [-0.05, 0) is 25.1 Å². The molecule has 0 radical (unpaired) electrons. The fraction of sp³-hybridized carbons (Fsp3) is 0.529. The lowest BCUT2D eigenvalue weighted by Crippen LogP contribution is -2.44. The van der Waals surface area contributed by atoms with E-state index in [9.17, 15) is 0 Å². The van der Waals surface area contributed by atoms with E-state index >= 15 is 0 Å².